The van der Waals surface area contributed by atoms with Crippen molar-refractivity contribution in [2.75, 3.05) is 33.2 Å². The molecule has 1 aromatic rings. The number of ether oxygens (including phenoxy) is 1. The maximum atomic E-state index is 12.0. The van der Waals surface area contributed by atoms with Crippen LogP contribution in [-0.4, -0.2) is 60.3 Å². The van der Waals surface area contributed by atoms with E-state index in [2.05, 4.69) is 27.1 Å². The van der Waals surface area contributed by atoms with Crippen LogP contribution in [0, 0.1) is 5.92 Å². The summed E-state index contributed by atoms with van der Waals surface area (Å²) in [5.74, 6) is 1.03. The van der Waals surface area contributed by atoms with Crippen molar-refractivity contribution in [3.05, 3.63) is 24.5 Å². The van der Waals surface area contributed by atoms with Gasteiger partial charge in [0.25, 0.3) is 0 Å². The Morgan fingerprint density at radius 2 is 1.92 bits per heavy atom. The second kappa shape index (κ2) is 10.7. The lowest BCUT2D eigenvalue weighted by Gasteiger charge is -2.26. The largest absolute Gasteiger partial charge is 0.444 e. The van der Waals surface area contributed by atoms with Gasteiger partial charge in [-0.1, -0.05) is 6.92 Å². The molecule has 1 amide bonds. The Labute approximate surface area is 157 Å². The van der Waals surface area contributed by atoms with E-state index < -0.39 is 5.60 Å². The van der Waals surface area contributed by atoms with Crippen LogP contribution in [0.2, 0.25) is 0 Å². The molecule has 0 aromatic carbocycles. The fourth-order valence-corrected chi connectivity index (χ4v) is 2.35. The molecule has 7 nitrogen and oxygen atoms in total. The molecule has 0 bridgehead atoms. The van der Waals surface area contributed by atoms with Crippen LogP contribution >= 0.6 is 0 Å². The summed E-state index contributed by atoms with van der Waals surface area (Å²) in [6, 6.07) is 4.03. The van der Waals surface area contributed by atoms with Gasteiger partial charge in [-0.05, 0) is 45.7 Å². The summed E-state index contributed by atoms with van der Waals surface area (Å²) in [7, 11) is 1.76. The molecule has 148 valence electrons. The zero-order valence-corrected chi connectivity index (χ0v) is 17.1. The lowest BCUT2D eigenvalue weighted by atomic mass is 10.2. The van der Waals surface area contributed by atoms with Gasteiger partial charge in [-0.2, -0.15) is 0 Å². The first-order chi connectivity index (χ1) is 12.2. The van der Waals surface area contributed by atoms with Gasteiger partial charge in [0.1, 0.15) is 5.60 Å². The molecule has 0 saturated heterocycles. The maximum Gasteiger partial charge on any atom is 0.410 e. The highest BCUT2D eigenvalue weighted by Gasteiger charge is 2.20. The van der Waals surface area contributed by atoms with Crippen molar-refractivity contribution in [3.63, 3.8) is 0 Å². The minimum Gasteiger partial charge on any atom is -0.444 e. The zero-order valence-electron chi connectivity index (χ0n) is 17.1. The van der Waals surface area contributed by atoms with Gasteiger partial charge in [0, 0.05) is 52.2 Å². The molecule has 2 N–H and O–H groups in total. The number of carbonyl (C=O) groups is 1. The van der Waals surface area contributed by atoms with Crippen molar-refractivity contribution in [2.24, 2.45) is 10.9 Å². The SMILES string of the molecule is CCNC(=NCC(C)CN(C)C(=O)OC(C)(C)C)NCCn1cccc1. The Morgan fingerprint density at radius 1 is 1.27 bits per heavy atom. The lowest BCUT2D eigenvalue weighted by Crippen LogP contribution is -2.40. The average Bonchev–Trinajstić information content (AvgIpc) is 3.04. The van der Waals surface area contributed by atoms with Gasteiger partial charge in [-0.15, -0.1) is 0 Å². The van der Waals surface area contributed by atoms with E-state index in [-0.39, 0.29) is 12.0 Å². The number of nitrogens with zero attached hydrogens (tertiary/aromatic N) is 3. The van der Waals surface area contributed by atoms with E-state index in [4.69, 9.17) is 4.74 Å². The van der Waals surface area contributed by atoms with Crippen LogP contribution in [0.15, 0.2) is 29.5 Å². The van der Waals surface area contributed by atoms with Gasteiger partial charge in [0.2, 0.25) is 0 Å². The van der Waals surface area contributed by atoms with E-state index >= 15 is 0 Å². The summed E-state index contributed by atoms with van der Waals surface area (Å²) in [6.45, 7) is 13.4. The molecule has 26 heavy (non-hydrogen) atoms. The molecule has 1 atom stereocenters. The highest BCUT2D eigenvalue weighted by molar-refractivity contribution is 5.79. The van der Waals surface area contributed by atoms with E-state index in [1.54, 1.807) is 11.9 Å². The van der Waals surface area contributed by atoms with Crippen LogP contribution < -0.4 is 10.6 Å². The Bertz CT molecular complexity index is 549. The Hall–Kier alpha value is -2.18. The van der Waals surface area contributed by atoms with Crippen LogP contribution in [0.1, 0.15) is 34.6 Å². The standard InChI is InChI=1S/C19H35N5O2/c1-7-20-17(21-10-13-24-11-8-9-12-24)22-14-16(2)15-23(6)18(25)26-19(3,4)5/h8-9,11-12,16H,7,10,13-15H2,1-6H3,(H2,20,21,22). The molecule has 1 rings (SSSR count). The topological polar surface area (TPSA) is 70.9 Å². The van der Waals surface area contributed by atoms with Crippen molar-refractivity contribution in [1.82, 2.24) is 20.1 Å². The minimum atomic E-state index is -0.478. The second-order valence-corrected chi connectivity index (χ2v) is 7.53. The molecule has 0 aliphatic heterocycles. The molecule has 7 heteroatoms. The third-order valence-corrected chi connectivity index (χ3v) is 3.52. The molecule has 1 heterocycles. The summed E-state index contributed by atoms with van der Waals surface area (Å²) < 4.78 is 7.50. The van der Waals surface area contributed by atoms with Crippen LogP contribution in [0.3, 0.4) is 0 Å². The van der Waals surface area contributed by atoms with Crippen molar-refractivity contribution >= 4 is 12.1 Å². The van der Waals surface area contributed by atoms with E-state index in [0.717, 1.165) is 25.6 Å². The second-order valence-electron chi connectivity index (χ2n) is 7.53. The average molecular weight is 366 g/mol. The highest BCUT2D eigenvalue weighted by atomic mass is 16.6. The van der Waals surface area contributed by atoms with Crippen molar-refractivity contribution in [2.45, 2.75) is 46.8 Å². The molecule has 0 spiro atoms. The van der Waals surface area contributed by atoms with Crippen molar-refractivity contribution in [1.29, 1.82) is 0 Å². The number of rotatable bonds is 8. The Kier molecular flexibility index (Phi) is 9.02. The van der Waals surface area contributed by atoms with Crippen LogP contribution in [0.25, 0.3) is 0 Å². The minimum absolute atomic E-state index is 0.229. The molecule has 0 aliphatic carbocycles. The number of aromatic nitrogens is 1. The molecule has 1 aromatic heterocycles. The van der Waals surface area contributed by atoms with E-state index in [9.17, 15) is 4.79 Å². The number of guanidine groups is 1. The van der Waals surface area contributed by atoms with E-state index in [1.165, 1.54) is 0 Å². The lowest BCUT2D eigenvalue weighted by molar-refractivity contribution is 0.0279. The van der Waals surface area contributed by atoms with E-state index in [1.807, 2.05) is 52.2 Å². The van der Waals surface area contributed by atoms with Crippen molar-refractivity contribution < 1.29 is 9.53 Å². The summed E-state index contributed by atoms with van der Waals surface area (Å²) in [5, 5.41) is 6.58. The number of amides is 1. The molecule has 1 unspecified atom stereocenters. The van der Waals surface area contributed by atoms with Gasteiger partial charge in [-0.25, -0.2) is 4.79 Å². The highest BCUT2D eigenvalue weighted by Crippen LogP contribution is 2.10. The van der Waals surface area contributed by atoms with Crippen molar-refractivity contribution in [3.8, 4) is 0 Å². The third-order valence-electron chi connectivity index (χ3n) is 3.52. The van der Waals surface area contributed by atoms with Gasteiger partial charge in [-0.3, -0.25) is 4.99 Å². The first kappa shape index (κ1) is 21.9. The van der Waals surface area contributed by atoms with Gasteiger partial charge in [0.05, 0.1) is 0 Å². The monoisotopic (exact) mass is 365 g/mol. The summed E-state index contributed by atoms with van der Waals surface area (Å²) >= 11 is 0. The fourth-order valence-electron chi connectivity index (χ4n) is 2.35. The molecular formula is C19H35N5O2. The van der Waals surface area contributed by atoms with Crippen LogP contribution in [0.5, 0.6) is 0 Å². The smallest absolute Gasteiger partial charge is 0.410 e. The maximum absolute atomic E-state index is 12.0. The molecular weight excluding hydrogens is 330 g/mol. The summed E-state index contributed by atoms with van der Waals surface area (Å²) in [4.78, 5) is 18.3. The summed E-state index contributed by atoms with van der Waals surface area (Å²) in [5.41, 5.74) is -0.478. The number of nitrogens with one attached hydrogen (secondary N) is 2. The number of hydrogen-bond donors (Lipinski definition) is 2. The van der Waals surface area contributed by atoms with Crippen LogP contribution in [0.4, 0.5) is 4.79 Å². The summed E-state index contributed by atoms with van der Waals surface area (Å²) in [6.07, 6.45) is 3.78. The first-order valence-corrected chi connectivity index (χ1v) is 9.28. The Balaban J connectivity index is 2.42. The third kappa shape index (κ3) is 9.34. The number of aliphatic imine (C=N–C) groups is 1. The van der Waals surface area contributed by atoms with Gasteiger partial charge in [0.15, 0.2) is 5.96 Å². The quantitative estimate of drug-likeness (QED) is 0.549. The first-order valence-electron chi connectivity index (χ1n) is 9.28. The molecule has 0 radical (unpaired) electrons. The molecule has 0 saturated carbocycles. The fraction of sp³-hybridized carbons (Fsp3) is 0.684. The van der Waals surface area contributed by atoms with Gasteiger partial charge >= 0.3 is 6.09 Å². The van der Waals surface area contributed by atoms with Crippen LogP contribution in [-0.2, 0) is 11.3 Å². The normalized spacial score (nSPS) is 13.2. The number of carbonyl (C=O) groups excluding carboxylic acids is 1. The Morgan fingerprint density at radius 3 is 2.50 bits per heavy atom. The predicted molar refractivity (Wildman–Crippen MR) is 106 cm³/mol. The number of hydrogen-bond acceptors (Lipinski definition) is 3. The molecule has 0 fully saturated rings. The zero-order chi connectivity index (χ0) is 19.6. The molecule has 0 aliphatic rings. The van der Waals surface area contributed by atoms with E-state index in [0.29, 0.717) is 13.1 Å². The van der Waals surface area contributed by atoms with Gasteiger partial charge < -0.3 is 24.8 Å². The predicted octanol–water partition coefficient (Wildman–Crippen LogP) is 2.55.